The summed E-state index contributed by atoms with van der Waals surface area (Å²) in [5.41, 5.74) is 2.32. The molecule has 0 spiro atoms. The Balaban J connectivity index is 1.58. The van der Waals surface area contributed by atoms with Crippen LogP contribution in [0.15, 0.2) is 87.1 Å². The normalized spacial score (nSPS) is 10.7. The largest absolute Gasteiger partial charge is 0.466 e. The number of amides is 1. The van der Waals surface area contributed by atoms with E-state index in [1.807, 2.05) is 48.5 Å². The lowest BCUT2D eigenvalue weighted by molar-refractivity contribution is -0.142. The zero-order valence-corrected chi connectivity index (χ0v) is 22.1. The van der Waals surface area contributed by atoms with E-state index in [1.165, 1.54) is 12.1 Å². The van der Waals surface area contributed by atoms with Gasteiger partial charge >= 0.3 is 12.1 Å². The number of carbonyl (C=O) groups excluding carboxylic acids is 2. The maximum atomic E-state index is 14.8. The Morgan fingerprint density at radius 2 is 1.55 bits per heavy atom. The monoisotopic (exact) mass is 534 g/mol. The highest BCUT2D eigenvalue weighted by Crippen LogP contribution is 2.40. The topological polar surface area (TPSA) is 81.9 Å². The van der Waals surface area contributed by atoms with Crippen molar-refractivity contribution < 1.29 is 28.0 Å². The zero-order valence-electron chi connectivity index (χ0n) is 21.3. The lowest BCUT2D eigenvalue weighted by Crippen LogP contribution is -2.28. The third-order valence-corrected chi connectivity index (χ3v) is 6.54. The van der Waals surface area contributed by atoms with Crippen molar-refractivity contribution in [3.05, 3.63) is 89.9 Å². The van der Waals surface area contributed by atoms with Crippen molar-refractivity contribution in [1.29, 1.82) is 0 Å². The SMILES string of the molecule is CCOC(=O)Cc1ccc(Sc2ccc(-c3onc(C)c3N(C(=O)OCC)c3ccccc3F)cc2)cc1. The molecule has 0 radical (unpaired) electrons. The highest BCUT2D eigenvalue weighted by molar-refractivity contribution is 7.99. The van der Waals surface area contributed by atoms with Gasteiger partial charge in [0, 0.05) is 15.4 Å². The lowest BCUT2D eigenvalue weighted by Gasteiger charge is -2.22. The van der Waals surface area contributed by atoms with Gasteiger partial charge in [-0.2, -0.15) is 0 Å². The molecule has 0 aliphatic carbocycles. The number of ether oxygens (including phenoxy) is 2. The molecule has 196 valence electrons. The van der Waals surface area contributed by atoms with Crippen molar-refractivity contribution in [3.8, 4) is 11.3 Å². The van der Waals surface area contributed by atoms with E-state index in [0.29, 0.717) is 29.3 Å². The first-order valence-electron chi connectivity index (χ1n) is 12.1. The minimum Gasteiger partial charge on any atom is -0.466 e. The number of carbonyl (C=O) groups is 2. The van der Waals surface area contributed by atoms with E-state index in [-0.39, 0.29) is 24.7 Å². The van der Waals surface area contributed by atoms with E-state index >= 15 is 0 Å². The van der Waals surface area contributed by atoms with Gasteiger partial charge in [0.05, 0.1) is 25.3 Å². The summed E-state index contributed by atoms with van der Waals surface area (Å²) in [4.78, 5) is 27.8. The molecule has 0 saturated heterocycles. The minimum absolute atomic E-state index is 0.0390. The van der Waals surface area contributed by atoms with Crippen molar-refractivity contribution in [2.24, 2.45) is 0 Å². The average Bonchev–Trinajstić information content (AvgIpc) is 3.28. The van der Waals surface area contributed by atoms with E-state index in [4.69, 9.17) is 14.0 Å². The number of rotatable bonds is 9. The van der Waals surface area contributed by atoms with Crippen molar-refractivity contribution >= 4 is 35.2 Å². The van der Waals surface area contributed by atoms with Gasteiger partial charge in [-0.15, -0.1) is 0 Å². The van der Waals surface area contributed by atoms with E-state index in [0.717, 1.165) is 20.3 Å². The van der Waals surface area contributed by atoms with Gasteiger partial charge in [-0.25, -0.2) is 14.1 Å². The van der Waals surface area contributed by atoms with Gasteiger partial charge in [-0.3, -0.25) is 4.79 Å². The minimum atomic E-state index is -0.733. The van der Waals surface area contributed by atoms with Crippen molar-refractivity contribution in [3.63, 3.8) is 0 Å². The van der Waals surface area contributed by atoms with Crippen LogP contribution in [0.2, 0.25) is 0 Å². The van der Waals surface area contributed by atoms with Crippen LogP contribution in [0.3, 0.4) is 0 Å². The molecule has 4 aromatic rings. The number of aromatic nitrogens is 1. The van der Waals surface area contributed by atoms with Crippen LogP contribution >= 0.6 is 11.8 Å². The molecule has 1 heterocycles. The van der Waals surface area contributed by atoms with Crippen LogP contribution in [0.1, 0.15) is 25.1 Å². The summed E-state index contributed by atoms with van der Waals surface area (Å²) in [6.07, 6.45) is -0.494. The second kappa shape index (κ2) is 12.4. The highest BCUT2D eigenvalue weighted by atomic mass is 32.2. The molecule has 7 nitrogen and oxygen atoms in total. The third kappa shape index (κ3) is 6.23. The number of aryl methyl sites for hydroxylation is 1. The Hall–Kier alpha value is -4.11. The Bertz CT molecular complexity index is 1400. The number of halogens is 1. The van der Waals surface area contributed by atoms with Gasteiger partial charge in [0.15, 0.2) is 5.76 Å². The molecule has 9 heteroatoms. The number of nitrogens with zero attached hydrogens (tertiary/aromatic N) is 2. The summed E-state index contributed by atoms with van der Waals surface area (Å²) in [6.45, 7) is 5.64. The summed E-state index contributed by atoms with van der Waals surface area (Å²) < 4.78 is 30.6. The summed E-state index contributed by atoms with van der Waals surface area (Å²) in [5.74, 6) is -0.507. The van der Waals surface area contributed by atoms with Crippen LogP contribution in [0.4, 0.5) is 20.6 Å². The molecule has 0 bridgehead atoms. The number of hydrogen-bond donors (Lipinski definition) is 0. The van der Waals surface area contributed by atoms with Gasteiger partial charge in [0.1, 0.15) is 17.2 Å². The molecule has 0 fully saturated rings. The van der Waals surface area contributed by atoms with Gasteiger partial charge < -0.3 is 14.0 Å². The first-order chi connectivity index (χ1) is 18.4. The summed E-state index contributed by atoms with van der Waals surface area (Å²) in [7, 11) is 0. The molecule has 3 aromatic carbocycles. The fourth-order valence-corrected chi connectivity index (χ4v) is 4.63. The molecule has 1 aromatic heterocycles. The molecule has 0 N–H and O–H groups in total. The van der Waals surface area contributed by atoms with Gasteiger partial charge in [-0.1, -0.05) is 41.2 Å². The van der Waals surface area contributed by atoms with Crippen molar-refractivity contribution in [2.75, 3.05) is 18.1 Å². The average molecular weight is 535 g/mol. The predicted octanol–water partition coefficient (Wildman–Crippen LogP) is 7.34. The van der Waals surface area contributed by atoms with Crippen LogP contribution in [-0.2, 0) is 20.7 Å². The van der Waals surface area contributed by atoms with Gasteiger partial charge in [0.25, 0.3) is 0 Å². The quantitative estimate of drug-likeness (QED) is 0.208. The molecule has 0 aliphatic rings. The standard InChI is InChI=1S/C29H27FN2O5S/c1-4-35-26(33)18-20-10-14-22(15-11-20)38-23-16-12-21(13-17-23)28-27(19(3)31-37-28)32(29(34)36-5-2)25-9-7-6-8-24(25)30/h6-17H,4-5,18H2,1-3H3. The first-order valence-corrected chi connectivity index (χ1v) is 12.9. The predicted molar refractivity (Wildman–Crippen MR) is 143 cm³/mol. The van der Waals surface area contributed by atoms with Crippen LogP contribution in [0, 0.1) is 12.7 Å². The first kappa shape index (κ1) is 26.9. The van der Waals surface area contributed by atoms with Crippen LogP contribution in [0.5, 0.6) is 0 Å². The molecule has 0 unspecified atom stereocenters. The van der Waals surface area contributed by atoms with Crippen molar-refractivity contribution in [1.82, 2.24) is 5.16 Å². The maximum absolute atomic E-state index is 14.8. The summed E-state index contributed by atoms with van der Waals surface area (Å²) >= 11 is 1.56. The Morgan fingerprint density at radius 3 is 2.18 bits per heavy atom. The summed E-state index contributed by atoms with van der Waals surface area (Å²) in [6, 6.07) is 21.2. The maximum Gasteiger partial charge on any atom is 0.419 e. The fraction of sp³-hybridized carbons (Fsp3) is 0.207. The Labute approximate surface area is 224 Å². The van der Waals surface area contributed by atoms with E-state index in [1.54, 1.807) is 44.7 Å². The Kier molecular flexibility index (Phi) is 8.81. The Morgan fingerprint density at radius 1 is 0.921 bits per heavy atom. The molecule has 0 saturated carbocycles. The number of benzene rings is 3. The molecule has 0 aliphatic heterocycles. The van der Waals surface area contributed by atoms with Gasteiger partial charge in [0.2, 0.25) is 0 Å². The van der Waals surface area contributed by atoms with E-state index in [2.05, 4.69) is 5.16 Å². The molecular formula is C29H27FN2O5S. The fourth-order valence-electron chi connectivity index (χ4n) is 3.81. The molecule has 0 atom stereocenters. The van der Waals surface area contributed by atoms with Crippen molar-refractivity contribution in [2.45, 2.75) is 37.0 Å². The summed E-state index contributed by atoms with van der Waals surface area (Å²) in [5, 5.41) is 4.06. The number of esters is 1. The highest BCUT2D eigenvalue weighted by Gasteiger charge is 2.30. The number of anilines is 2. The molecular weight excluding hydrogens is 507 g/mol. The zero-order chi connectivity index (χ0) is 27.1. The lowest BCUT2D eigenvalue weighted by atomic mass is 10.1. The molecule has 4 rings (SSSR count). The third-order valence-electron chi connectivity index (χ3n) is 5.53. The number of hydrogen-bond acceptors (Lipinski definition) is 7. The number of para-hydroxylation sites is 1. The molecule has 1 amide bonds. The van der Waals surface area contributed by atoms with Crippen LogP contribution in [-0.4, -0.2) is 30.4 Å². The molecule has 38 heavy (non-hydrogen) atoms. The van der Waals surface area contributed by atoms with Crippen LogP contribution in [0.25, 0.3) is 11.3 Å². The second-order valence-corrected chi connectivity index (χ2v) is 9.33. The van der Waals surface area contributed by atoms with Crippen LogP contribution < -0.4 is 4.90 Å². The van der Waals surface area contributed by atoms with E-state index in [9.17, 15) is 14.0 Å². The van der Waals surface area contributed by atoms with Gasteiger partial charge in [-0.05, 0) is 74.9 Å². The smallest absolute Gasteiger partial charge is 0.419 e. The van der Waals surface area contributed by atoms with E-state index < -0.39 is 11.9 Å². The second-order valence-electron chi connectivity index (χ2n) is 8.18.